The van der Waals surface area contributed by atoms with Crippen molar-refractivity contribution in [3.8, 4) is 11.5 Å². The van der Waals surface area contributed by atoms with Crippen molar-refractivity contribution in [3.05, 3.63) is 47.5 Å². The molecule has 0 saturated carbocycles. The van der Waals surface area contributed by atoms with E-state index in [9.17, 15) is 9.50 Å². The number of nitrogens with one attached hydrogen (secondary N) is 1. The second-order valence-electron chi connectivity index (χ2n) is 4.12. The SMILES string of the molecule is COc1cc(F)ccc1NCc1nc(C)ccc1O. The highest BCUT2D eigenvalue weighted by molar-refractivity contribution is 5.56. The summed E-state index contributed by atoms with van der Waals surface area (Å²) in [5.41, 5.74) is 2.00. The third-order valence-electron chi connectivity index (χ3n) is 2.70. The summed E-state index contributed by atoms with van der Waals surface area (Å²) in [5, 5.41) is 12.8. The van der Waals surface area contributed by atoms with Crippen LogP contribution in [0.2, 0.25) is 0 Å². The second-order valence-corrected chi connectivity index (χ2v) is 4.12. The van der Waals surface area contributed by atoms with Crippen molar-refractivity contribution in [2.75, 3.05) is 12.4 Å². The molecule has 2 rings (SSSR count). The molecule has 0 amide bonds. The van der Waals surface area contributed by atoms with Gasteiger partial charge in [0, 0.05) is 11.8 Å². The zero-order chi connectivity index (χ0) is 13.8. The molecular formula is C14H15FN2O2. The standard InChI is InChI=1S/C14H15FN2O2/c1-9-3-6-13(18)12(17-9)8-16-11-5-4-10(15)7-14(11)19-2/h3-7,16,18H,8H2,1-2H3. The van der Waals surface area contributed by atoms with Gasteiger partial charge in [-0.2, -0.15) is 0 Å². The minimum Gasteiger partial charge on any atom is -0.506 e. The average Bonchev–Trinajstić information content (AvgIpc) is 2.40. The molecule has 0 aliphatic rings. The fraction of sp³-hybridized carbons (Fsp3) is 0.214. The quantitative estimate of drug-likeness (QED) is 0.889. The van der Waals surface area contributed by atoms with Gasteiger partial charge in [-0.05, 0) is 31.2 Å². The molecule has 19 heavy (non-hydrogen) atoms. The van der Waals surface area contributed by atoms with Gasteiger partial charge in [-0.3, -0.25) is 4.98 Å². The average molecular weight is 262 g/mol. The lowest BCUT2D eigenvalue weighted by Crippen LogP contribution is -2.04. The molecule has 100 valence electrons. The van der Waals surface area contributed by atoms with Crippen LogP contribution in [-0.4, -0.2) is 17.2 Å². The smallest absolute Gasteiger partial charge is 0.144 e. The van der Waals surface area contributed by atoms with E-state index in [0.717, 1.165) is 5.69 Å². The van der Waals surface area contributed by atoms with Gasteiger partial charge >= 0.3 is 0 Å². The lowest BCUT2D eigenvalue weighted by Gasteiger charge is -2.11. The van der Waals surface area contributed by atoms with E-state index in [-0.39, 0.29) is 11.6 Å². The van der Waals surface area contributed by atoms with E-state index in [2.05, 4.69) is 10.3 Å². The maximum absolute atomic E-state index is 13.1. The van der Waals surface area contributed by atoms with Gasteiger partial charge in [0.1, 0.15) is 23.0 Å². The number of aromatic nitrogens is 1. The van der Waals surface area contributed by atoms with Gasteiger partial charge in [0.15, 0.2) is 0 Å². The van der Waals surface area contributed by atoms with E-state index in [1.54, 1.807) is 18.2 Å². The molecule has 0 unspecified atom stereocenters. The number of halogens is 1. The Morgan fingerprint density at radius 1 is 1.32 bits per heavy atom. The molecule has 0 atom stereocenters. The third kappa shape index (κ3) is 3.13. The first-order valence-corrected chi connectivity index (χ1v) is 5.83. The number of hydrogen-bond donors (Lipinski definition) is 2. The van der Waals surface area contributed by atoms with Crippen LogP contribution in [0.15, 0.2) is 30.3 Å². The number of methoxy groups -OCH3 is 1. The second kappa shape index (κ2) is 5.56. The minimum absolute atomic E-state index is 0.124. The molecule has 1 aromatic heterocycles. The minimum atomic E-state index is -0.362. The predicted octanol–water partition coefficient (Wildman–Crippen LogP) is 2.86. The van der Waals surface area contributed by atoms with Gasteiger partial charge in [-0.25, -0.2) is 4.39 Å². The Bertz CT molecular complexity index is 588. The van der Waals surface area contributed by atoms with Gasteiger partial charge in [-0.1, -0.05) is 0 Å². The molecule has 5 heteroatoms. The number of pyridine rings is 1. The van der Waals surface area contributed by atoms with Gasteiger partial charge in [0.05, 0.1) is 19.3 Å². The van der Waals surface area contributed by atoms with Crippen LogP contribution in [0.4, 0.5) is 10.1 Å². The van der Waals surface area contributed by atoms with Crippen LogP contribution in [0.25, 0.3) is 0 Å². The Hall–Kier alpha value is -2.30. The van der Waals surface area contributed by atoms with Crippen LogP contribution in [0, 0.1) is 12.7 Å². The van der Waals surface area contributed by atoms with Crippen LogP contribution >= 0.6 is 0 Å². The molecule has 0 saturated heterocycles. The van der Waals surface area contributed by atoms with Crippen molar-refractivity contribution in [1.29, 1.82) is 0 Å². The van der Waals surface area contributed by atoms with Crippen molar-refractivity contribution < 1.29 is 14.2 Å². The van der Waals surface area contributed by atoms with Gasteiger partial charge in [-0.15, -0.1) is 0 Å². The highest BCUT2D eigenvalue weighted by Crippen LogP contribution is 2.26. The van der Waals surface area contributed by atoms with Gasteiger partial charge in [0.25, 0.3) is 0 Å². The fourth-order valence-electron chi connectivity index (χ4n) is 1.72. The number of rotatable bonds is 4. The number of benzene rings is 1. The Balaban J connectivity index is 2.16. The number of aryl methyl sites for hydroxylation is 1. The lowest BCUT2D eigenvalue weighted by atomic mass is 10.2. The van der Waals surface area contributed by atoms with Gasteiger partial charge < -0.3 is 15.2 Å². The number of ether oxygens (including phenoxy) is 1. The van der Waals surface area contributed by atoms with Crippen molar-refractivity contribution in [1.82, 2.24) is 4.98 Å². The molecule has 0 aliphatic heterocycles. The number of nitrogens with zero attached hydrogens (tertiary/aromatic N) is 1. The molecular weight excluding hydrogens is 247 g/mol. The van der Waals surface area contributed by atoms with Crippen molar-refractivity contribution in [2.24, 2.45) is 0 Å². The van der Waals surface area contributed by atoms with Crippen molar-refractivity contribution in [3.63, 3.8) is 0 Å². The monoisotopic (exact) mass is 262 g/mol. The van der Waals surface area contributed by atoms with E-state index in [0.29, 0.717) is 23.7 Å². The fourth-order valence-corrected chi connectivity index (χ4v) is 1.72. The highest BCUT2D eigenvalue weighted by atomic mass is 19.1. The molecule has 4 nitrogen and oxygen atoms in total. The van der Waals surface area contributed by atoms with E-state index in [1.807, 2.05) is 6.92 Å². The van der Waals surface area contributed by atoms with Gasteiger partial charge in [0.2, 0.25) is 0 Å². The first kappa shape index (κ1) is 13.1. The zero-order valence-corrected chi connectivity index (χ0v) is 10.8. The molecule has 2 N–H and O–H groups in total. The molecule has 0 aliphatic carbocycles. The third-order valence-corrected chi connectivity index (χ3v) is 2.70. The summed E-state index contributed by atoms with van der Waals surface area (Å²) in [6, 6.07) is 7.56. The highest BCUT2D eigenvalue weighted by Gasteiger charge is 2.07. The van der Waals surface area contributed by atoms with E-state index < -0.39 is 0 Å². The Kier molecular flexibility index (Phi) is 3.85. The van der Waals surface area contributed by atoms with Crippen molar-refractivity contribution in [2.45, 2.75) is 13.5 Å². The normalized spacial score (nSPS) is 10.3. The molecule has 2 aromatic rings. The summed E-state index contributed by atoms with van der Waals surface area (Å²) in [5.74, 6) is 0.172. The van der Waals surface area contributed by atoms with Crippen LogP contribution in [0.1, 0.15) is 11.4 Å². The summed E-state index contributed by atoms with van der Waals surface area (Å²) in [6.07, 6.45) is 0. The topological polar surface area (TPSA) is 54.4 Å². The van der Waals surface area contributed by atoms with Crippen LogP contribution < -0.4 is 10.1 Å². The van der Waals surface area contributed by atoms with E-state index in [1.165, 1.54) is 19.2 Å². The van der Waals surface area contributed by atoms with Crippen LogP contribution in [-0.2, 0) is 6.54 Å². The first-order chi connectivity index (χ1) is 9.10. The van der Waals surface area contributed by atoms with E-state index >= 15 is 0 Å². The summed E-state index contributed by atoms with van der Waals surface area (Å²) in [7, 11) is 1.47. The summed E-state index contributed by atoms with van der Waals surface area (Å²) in [6.45, 7) is 2.18. The number of anilines is 1. The lowest BCUT2D eigenvalue weighted by molar-refractivity contribution is 0.413. The molecule has 1 aromatic carbocycles. The first-order valence-electron chi connectivity index (χ1n) is 5.83. The van der Waals surface area contributed by atoms with E-state index in [4.69, 9.17) is 4.74 Å². The molecule has 0 spiro atoms. The molecule has 0 radical (unpaired) electrons. The molecule has 0 fully saturated rings. The zero-order valence-electron chi connectivity index (χ0n) is 10.8. The van der Waals surface area contributed by atoms with Crippen LogP contribution in [0.5, 0.6) is 11.5 Å². The maximum atomic E-state index is 13.1. The number of aromatic hydroxyl groups is 1. The summed E-state index contributed by atoms with van der Waals surface area (Å²) >= 11 is 0. The number of hydrogen-bond acceptors (Lipinski definition) is 4. The van der Waals surface area contributed by atoms with Crippen LogP contribution in [0.3, 0.4) is 0 Å². The predicted molar refractivity (Wildman–Crippen MR) is 70.9 cm³/mol. The summed E-state index contributed by atoms with van der Waals surface area (Å²) < 4.78 is 18.1. The van der Waals surface area contributed by atoms with Crippen molar-refractivity contribution >= 4 is 5.69 Å². The largest absolute Gasteiger partial charge is 0.506 e. The molecule has 1 heterocycles. The Morgan fingerprint density at radius 3 is 2.84 bits per heavy atom. The Labute approximate surface area is 110 Å². The Morgan fingerprint density at radius 2 is 2.11 bits per heavy atom. The molecule has 0 bridgehead atoms. The maximum Gasteiger partial charge on any atom is 0.144 e. The summed E-state index contributed by atoms with van der Waals surface area (Å²) in [4.78, 5) is 4.23.